The van der Waals surface area contributed by atoms with E-state index in [1.165, 1.54) is 11.4 Å². The summed E-state index contributed by atoms with van der Waals surface area (Å²) in [6.45, 7) is 1.27. The number of esters is 1. The SMILES string of the molecule is COC(=O)CC(NC(=O)NCCS(=O)(=O)N1CCOCC1)c1ccccc1Cl. The number of amides is 2. The molecule has 1 aliphatic rings. The number of carbonyl (C=O) groups is 2. The van der Waals surface area contributed by atoms with Gasteiger partial charge < -0.3 is 20.1 Å². The van der Waals surface area contributed by atoms with Gasteiger partial charge >= 0.3 is 12.0 Å². The maximum atomic E-state index is 12.3. The van der Waals surface area contributed by atoms with Gasteiger partial charge in [0.25, 0.3) is 0 Å². The zero-order valence-electron chi connectivity index (χ0n) is 15.5. The van der Waals surface area contributed by atoms with Gasteiger partial charge in [-0.3, -0.25) is 4.79 Å². The lowest BCUT2D eigenvalue weighted by molar-refractivity contribution is -0.141. The van der Waals surface area contributed by atoms with E-state index >= 15 is 0 Å². The van der Waals surface area contributed by atoms with Gasteiger partial charge in [0.15, 0.2) is 0 Å². The van der Waals surface area contributed by atoms with Crippen molar-refractivity contribution < 1.29 is 27.5 Å². The van der Waals surface area contributed by atoms with Crippen LogP contribution in [0.4, 0.5) is 4.79 Å². The van der Waals surface area contributed by atoms with Crippen molar-refractivity contribution >= 4 is 33.6 Å². The maximum absolute atomic E-state index is 12.3. The number of sulfonamides is 1. The summed E-state index contributed by atoms with van der Waals surface area (Å²) in [5, 5.41) is 5.54. The van der Waals surface area contributed by atoms with Crippen LogP contribution in [-0.2, 0) is 24.3 Å². The van der Waals surface area contributed by atoms with Crippen LogP contribution in [0.1, 0.15) is 18.0 Å². The van der Waals surface area contributed by atoms with Gasteiger partial charge in [0.2, 0.25) is 10.0 Å². The lowest BCUT2D eigenvalue weighted by atomic mass is 10.0. The molecule has 11 heteroatoms. The molecule has 1 saturated heterocycles. The highest BCUT2D eigenvalue weighted by Crippen LogP contribution is 2.25. The number of carbonyl (C=O) groups excluding carboxylic acids is 2. The molecule has 0 spiro atoms. The summed E-state index contributed by atoms with van der Waals surface area (Å²) in [6.07, 6.45) is -0.111. The Labute approximate surface area is 169 Å². The second-order valence-electron chi connectivity index (χ2n) is 6.08. The van der Waals surface area contributed by atoms with E-state index in [0.717, 1.165) is 0 Å². The number of ether oxygens (including phenoxy) is 2. The largest absolute Gasteiger partial charge is 0.469 e. The fourth-order valence-electron chi connectivity index (χ4n) is 2.70. The number of benzene rings is 1. The minimum atomic E-state index is -3.47. The van der Waals surface area contributed by atoms with Gasteiger partial charge in [-0.15, -0.1) is 0 Å². The van der Waals surface area contributed by atoms with Crippen LogP contribution < -0.4 is 10.6 Å². The normalized spacial score (nSPS) is 16.2. The summed E-state index contributed by atoms with van der Waals surface area (Å²) in [4.78, 5) is 23.9. The average Bonchev–Trinajstić information content (AvgIpc) is 2.68. The number of hydrogen-bond acceptors (Lipinski definition) is 6. The van der Waals surface area contributed by atoms with Crippen molar-refractivity contribution in [3.8, 4) is 0 Å². The van der Waals surface area contributed by atoms with E-state index in [2.05, 4.69) is 15.4 Å². The van der Waals surface area contributed by atoms with Crippen molar-refractivity contribution in [3.05, 3.63) is 34.9 Å². The number of nitrogens with one attached hydrogen (secondary N) is 2. The summed E-state index contributed by atoms with van der Waals surface area (Å²) >= 11 is 6.16. The van der Waals surface area contributed by atoms with E-state index in [1.54, 1.807) is 24.3 Å². The summed E-state index contributed by atoms with van der Waals surface area (Å²) in [7, 11) is -2.22. The van der Waals surface area contributed by atoms with E-state index in [-0.39, 0.29) is 18.7 Å². The van der Waals surface area contributed by atoms with E-state index in [4.69, 9.17) is 16.3 Å². The number of methoxy groups -OCH3 is 1. The molecule has 2 N–H and O–H groups in total. The molecule has 1 heterocycles. The molecule has 0 aromatic heterocycles. The molecule has 2 amide bonds. The fourth-order valence-corrected chi connectivity index (χ4v) is 4.29. The minimum absolute atomic E-state index is 0.0704. The van der Waals surface area contributed by atoms with Crippen LogP contribution in [0.15, 0.2) is 24.3 Å². The Hall–Kier alpha value is -1.88. The highest BCUT2D eigenvalue weighted by atomic mass is 35.5. The molecular weight excluding hydrogens is 410 g/mol. The molecule has 0 bridgehead atoms. The molecule has 156 valence electrons. The molecule has 1 atom stereocenters. The van der Waals surface area contributed by atoms with Gasteiger partial charge in [0.1, 0.15) is 0 Å². The van der Waals surface area contributed by atoms with Crippen molar-refractivity contribution in [1.29, 1.82) is 0 Å². The molecular formula is C17H24ClN3O6S. The highest BCUT2D eigenvalue weighted by Gasteiger charge is 2.25. The first-order valence-electron chi connectivity index (χ1n) is 8.74. The molecule has 1 aromatic carbocycles. The van der Waals surface area contributed by atoms with Crippen molar-refractivity contribution in [2.45, 2.75) is 12.5 Å². The lowest BCUT2D eigenvalue weighted by Crippen LogP contribution is -2.45. The molecule has 1 aliphatic heterocycles. The van der Waals surface area contributed by atoms with Gasteiger partial charge in [0.05, 0.1) is 38.5 Å². The Bertz CT molecular complexity index is 783. The number of morpholine rings is 1. The second kappa shape index (κ2) is 10.6. The van der Waals surface area contributed by atoms with Gasteiger partial charge in [-0.05, 0) is 11.6 Å². The van der Waals surface area contributed by atoms with Crippen LogP contribution in [0.3, 0.4) is 0 Å². The van der Waals surface area contributed by atoms with E-state index in [9.17, 15) is 18.0 Å². The predicted octanol–water partition coefficient (Wildman–Crippen LogP) is 0.905. The Balaban J connectivity index is 1.92. The summed E-state index contributed by atoms with van der Waals surface area (Å²) in [5.74, 6) is -0.742. The van der Waals surface area contributed by atoms with Crippen LogP contribution in [0.2, 0.25) is 5.02 Å². The molecule has 0 radical (unpaired) electrons. The molecule has 0 saturated carbocycles. The van der Waals surface area contributed by atoms with Crippen molar-refractivity contribution in [2.24, 2.45) is 0 Å². The zero-order valence-corrected chi connectivity index (χ0v) is 17.1. The monoisotopic (exact) mass is 433 g/mol. The number of hydrogen-bond donors (Lipinski definition) is 2. The number of urea groups is 1. The molecule has 9 nitrogen and oxygen atoms in total. The van der Waals surface area contributed by atoms with E-state index in [0.29, 0.717) is 36.9 Å². The minimum Gasteiger partial charge on any atom is -0.469 e. The molecule has 0 aliphatic carbocycles. The van der Waals surface area contributed by atoms with E-state index in [1.807, 2.05) is 0 Å². The number of rotatable bonds is 8. The number of nitrogens with zero attached hydrogens (tertiary/aromatic N) is 1. The van der Waals surface area contributed by atoms with Crippen LogP contribution in [0.5, 0.6) is 0 Å². The first-order valence-corrected chi connectivity index (χ1v) is 10.7. The molecule has 28 heavy (non-hydrogen) atoms. The Kier molecular flexibility index (Phi) is 8.49. The quantitative estimate of drug-likeness (QED) is 0.589. The van der Waals surface area contributed by atoms with Gasteiger partial charge in [-0.2, -0.15) is 4.31 Å². The van der Waals surface area contributed by atoms with Gasteiger partial charge in [-0.1, -0.05) is 29.8 Å². The summed E-state index contributed by atoms with van der Waals surface area (Å²) in [6, 6.07) is 5.50. The van der Waals surface area contributed by atoms with Crippen LogP contribution in [0, 0.1) is 0 Å². The Morgan fingerprint density at radius 1 is 1.29 bits per heavy atom. The lowest BCUT2D eigenvalue weighted by Gasteiger charge is -2.26. The summed E-state index contributed by atoms with van der Waals surface area (Å²) in [5.41, 5.74) is 0.561. The molecule has 1 fully saturated rings. The van der Waals surface area contributed by atoms with Crippen molar-refractivity contribution in [1.82, 2.24) is 14.9 Å². The van der Waals surface area contributed by atoms with Crippen molar-refractivity contribution in [3.63, 3.8) is 0 Å². The van der Waals surface area contributed by atoms with Crippen LogP contribution in [-0.4, -0.2) is 70.4 Å². The second-order valence-corrected chi connectivity index (χ2v) is 8.58. The standard InChI is InChI=1S/C17H24ClN3O6S/c1-26-16(22)12-15(13-4-2-3-5-14(13)18)20-17(23)19-6-11-28(24,25)21-7-9-27-10-8-21/h2-5,15H,6-12H2,1H3,(H2,19,20,23). The Morgan fingerprint density at radius 2 is 1.96 bits per heavy atom. The topological polar surface area (TPSA) is 114 Å². The van der Waals surface area contributed by atoms with Crippen molar-refractivity contribution in [2.75, 3.05) is 45.7 Å². The smallest absolute Gasteiger partial charge is 0.315 e. The van der Waals surface area contributed by atoms with Gasteiger partial charge in [-0.25, -0.2) is 13.2 Å². The third kappa shape index (κ3) is 6.62. The first kappa shape index (κ1) is 22.4. The molecule has 1 aromatic rings. The molecule has 2 rings (SSSR count). The van der Waals surface area contributed by atoms with Crippen LogP contribution >= 0.6 is 11.6 Å². The maximum Gasteiger partial charge on any atom is 0.315 e. The third-order valence-electron chi connectivity index (χ3n) is 4.19. The zero-order chi connectivity index (χ0) is 20.6. The first-order chi connectivity index (χ1) is 13.3. The van der Waals surface area contributed by atoms with E-state index < -0.39 is 28.1 Å². The Morgan fingerprint density at radius 3 is 2.61 bits per heavy atom. The predicted molar refractivity (Wildman–Crippen MR) is 104 cm³/mol. The summed E-state index contributed by atoms with van der Waals surface area (Å²) < 4.78 is 35.7. The number of halogens is 1. The fraction of sp³-hybridized carbons (Fsp3) is 0.529. The highest BCUT2D eigenvalue weighted by molar-refractivity contribution is 7.89. The molecule has 1 unspecified atom stereocenters. The average molecular weight is 434 g/mol. The van der Waals surface area contributed by atoms with Crippen LogP contribution in [0.25, 0.3) is 0 Å². The third-order valence-corrected chi connectivity index (χ3v) is 6.41. The van der Waals surface area contributed by atoms with Gasteiger partial charge in [0, 0.05) is 24.7 Å².